The van der Waals surface area contributed by atoms with Gasteiger partial charge in [-0.3, -0.25) is 4.79 Å². The molecule has 1 amide bonds. The minimum atomic E-state index is 0.0567. The molecule has 6 nitrogen and oxygen atoms in total. The van der Waals surface area contributed by atoms with E-state index in [0.717, 1.165) is 23.4 Å². The second kappa shape index (κ2) is 8.58. The summed E-state index contributed by atoms with van der Waals surface area (Å²) in [7, 11) is 1.62. The van der Waals surface area contributed by atoms with Crippen LogP contribution in [0.3, 0.4) is 0 Å². The van der Waals surface area contributed by atoms with E-state index in [4.69, 9.17) is 32.4 Å². The van der Waals surface area contributed by atoms with Gasteiger partial charge in [-0.05, 0) is 29.8 Å². The van der Waals surface area contributed by atoms with Crippen LogP contribution < -0.4 is 9.64 Å². The Morgan fingerprint density at radius 1 is 1.13 bits per heavy atom. The van der Waals surface area contributed by atoms with Gasteiger partial charge in [-0.15, -0.1) is 0 Å². The highest BCUT2D eigenvalue weighted by Crippen LogP contribution is 2.34. The molecule has 8 heteroatoms. The fourth-order valence-corrected chi connectivity index (χ4v) is 3.84. The number of oxazole rings is 1. The van der Waals surface area contributed by atoms with Gasteiger partial charge in [0.2, 0.25) is 5.91 Å². The van der Waals surface area contributed by atoms with Crippen molar-refractivity contribution < 1.29 is 13.9 Å². The van der Waals surface area contributed by atoms with Crippen molar-refractivity contribution in [3.8, 4) is 17.1 Å². The first-order chi connectivity index (χ1) is 14.4. The summed E-state index contributed by atoms with van der Waals surface area (Å²) < 4.78 is 11.2. The van der Waals surface area contributed by atoms with Crippen molar-refractivity contribution in [2.45, 2.75) is 13.5 Å². The number of carbonyl (C=O) groups excluding carboxylic acids is 1. The largest absolute Gasteiger partial charge is 0.496 e. The lowest BCUT2D eigenvalue weighted by molar-refractivity contribution is -0.131. The molecule has 1 aliphatic heterocycles. The normalized spacial score (nSPS) is 14.3. The monoisotopic (exact) mass is 445 g/mol. The summed E-state index contributed by atoms with van der Waals surface area (Å²) >= 11 is 12.1. The van der Waals surface area contributed by atoms with Crippen LogP contribution in [-0.2, 0) is 11.3 Å². The number of hydrogen-bond acceptors (Lipinski definition) is 5. The molecule has 0 N–H and O–H groups in total. The van der Waals surface area contributed by atoms with Gasteiger partial charge in [-0.25, -0.2) is 4.98 Å². The summed E-state index contributed by atoms with van der Waals surface area (Å²) in [6, 6.07) is 11.3. The van der Waals surface area contributed by atoms with E-state index in [1.165, 1.54) is 0 Å². The smallest absolute Gasteiger partial charge is 0.242 e. The number of anilines is 1. The number of carbonyl (C=O) groups is 1. The molecule has 0 aliphatic carbocycles. The fraction of sp³-hybridized carbons (Fsp3) is 0.273. The van der Waals surface area contributed by atoms with Crippen LogP contribution in [0.4, 0.5) is 5.69 Å². The summed E-state index contributed by atoms with van der Waals surface area (Å²) in [5, 5.41) is 1.00. The topological polar surface area (TPSA) is 58.8 Å². The quantitative estimate of drug-likeness (QED) is 0.563. The number of nitrogens with zero attached hydrogens (tertiary/aromatic N) is 3. The van der Waals surface area contributed by atoms with Crippen LogP contribution in [0.25, 0.3) is 11.3 Å². The maximum atomic E-state index is 12.8. The second-order valence-corrected chi connectivity index (χ2v) is 7.93. The van der Waals surface area contributed by atoms with E-state index in [0.29, 0.717) is 47.1 Å². The lowest BCUT2D eigenvalue weighted by Gasteiger charge is -2.36. The molecule has 1 fully saturated rings. The van der Waals surface area contributed by atoms with E-state index >= 15 is 0 Å². The van der Waals surface area contributed by atoms with Gasteiger partial charge in [0.1, 0.15) is 5.75 Å². The predicted octanol–water partition coefficient (Wildman–Crippen LogP) is 4.81. The minimum absolute atomic E-state index is 0.0567. The molecule has 30 heavy (non-hydrogen) atoms. The third-order valence-corrected chi connectivity index (χ3v) is 5.85. The highest BCUT2D eigenvalue weighted by Gasteiger charge is 2.25. The molecular weight excluding hydrogens is 425 g/mol. The first-order valence-corrected chi connectivity index (χ1v) is 10.3. The molecule has 0 spiro atoms. The Morgan fingerprint density at radius 2 is 1.97 bits per heavy atom. The zero-order valence-electron chi connectivity index (χ0n) is 16.7. The predicted molar refractivity (Wildman–Crippen MR) is 117 cm³/mol. The number of amides is 1. The summed E-state index contributed by atoms with van der Waals surface area (Å²) in [5.41, 5.74) is 2.71. The van der Waals surface area contributed by atoms with Gasteiger partial charge in [-0.1, -0.05) is 29.3 Å². The first-order valence-electron chi connectivity index (χ1n) is 9.52. The number of halogens is 2. The Kier molecular flexibility index (Phi) is 5.88. The first kappa shape index (κ1) is 20.6. The van der Waals surface area contributed by atoms with Crippen LogP contribution in [0.1, 0.15) is 11.5 Å². The molecule has 0 saturated carbocycles. The minimum Gasteiger partial charge on any atom is -0.496 e. The average Bonchev–Trinajstić information content (AvgIpc) is 3.17. The summed E-state index contributed by atoms with van der Waals surface area (Å²) in [4.78, 5) is 20.8. The van der Waals surface area contributed by atoms with Crippen molar-refractivity contribution >= 4 is 34.8 Å². The molecule has 0 atom stereocenters. The van der Waals surface area contributed by atoms with Gasteiger partial charge >= 0.3 is 0 Å². The Balaban J connectivity index is 1.47. The molecule has 3 aromatic rings. The third kappa shape index (κ3) is 4.25. The SMILES string of the molecule is COc1cc(N2CCN(Cc3ccc(Cl)c(Cl)c3)C(=O)C2)ccc1-c1cnc(C)o1. The van der Waals surface area contributed by atoms with E-state index in [-0.39, 0.29) is 5.91 Å². The van der Waals surface area contributed by atoms with Crippen molar-refractivity contribution in [2.24, 2.45) is 0 Å². The molecule has 0 bridgehead atoms. The average molecular weight is 446 g/mol. The van der Waals surface area contributed by atoms with Crippen molar-refractivity contribution in [2.75, 3.05) is 31.6 Å². The lowest BCUT2D eigenvalue weighted by Crippen LogP contribution is -2.50. The van der Waals surface area contributed by atoms with Crippen LogP contribution in [0.5, 0.6) is 5.75 Å². The van der Waals surface area contributed by atoms with Gasteiger partial charge in [0.05, 0.1) is 35.5 Å². The second-order valence-electron chi connectivity index (χ2n) is 7.11. The standard InChI is InChI=1S/C22H21Cl2N3O3/c1-14-25-11-21(30-14)17-5-4-16(10-20(17)29-2)26-7-8-27(22(28)13-26)12-15-3-6-18(23)19(24)9-15/h3-6,9-11H,7-8,12-13H2,1-2H3. The third-order valence-electron chi connectivity index (χ3n) is 5.11. The number of piperazine rings is 1. The number of aryl methyl sites for hydroxylation is 1. The molecule has 0 unspecified atom stereocenters. The molecule has 1 aliphatic rings. The highest BCUT2D eigenvalue weighted by atomic mass is 35.5. The summed E-state index contributed by atoms with van der Waals surface area (Å²) in [6.45, 7) is 3.94. The zero-order chi connectivity index (χ0) is 21.3. The molecule has 156 valence electrons. The van der Waals surface area contributed by atoms with E-state index in [2.05, 4.69) is 4.98 Å². The number of methoxy groups -OCH3 is 1. The molecule has 4 rings (SSSR count). The van der Waals surface area contributed by atoms with Gasteiger partial charge < -0.3 is 19.0 Å². The fourth-order valence-electron chi connectivity index (χ4n) is 3.52. The van der Waals surface area contributed by atoms with Crippen LogP contribution >= 0.6 is 23.2 Å². The van der Waals surface area contributed by atoms with E-state index < -0.39 is 0 Å². The Labute approximate surface area is 185 Å². The maximum absolute atomic E-state index is 12.8. The number of ether oxygens (including phenoxy) is 1. The number of aromatic nitrogens is 1. The van der Waals surface area contributed by atoms with Gasteiger partial charge in [-0.2, -0.15) is 0 Å². The van der Waals surface area contributed by atoms with Crippen molar-refractivity contribution in [3.63, 3.8) is 0 Å². The lowest BCUT2D eigenvalue weighted by atomic mass is 10.1. The van der Waals surface area contributed by atoms with Gasteiger partial charge in [0.25, 0.3) is 0 Å². The van der Waals surface area contributed by atoms with Crippen LogP contribution in [0.2, 0.25) is 10.0 Å². The number of rotatable bonds is 5. The van der Waals surface area contributed by atoms with Gasteiger partial charge in [0, 0.05) is 38.3 Å². The van der Waals surface area contributed by atoms with Crippen LogP contribution in [0, 0.1) is 6.92 Å². The molecular formula is C22H21Cl2N3O3. The molecule has 0 radical (unpaired) electrons. The van der Waals surface area contributed by atoms with Gasteiger partial charge in [0.15, 0.2) is 11.7 Å². The molecule has 1 saturated heterocycles. The summed E-state index contributed by atoms with van der Waals surface area (Å²) in [5.74, 6) is 1.98. The number of hydrogen-bond donors (Lipinski definition) is 0. The van der Waals surface area contributed by atoms with Crippen molar-refractivity contribution in [3.05, 3.63) is 64.1 Å². The van der Waals surface area contributed by atoms with Crippen LogP contribution in [-0.4, -0.2) is 42.5 Å². The van der Waals surface area contributed by atoms with Crippen LogP contribution in [0.15, 0.2) is 47.0 Å². The zero-order valence-corrected chi connectivity index (χ0v) is 18.2. The van der Waals surface area contributed by atoms with E-state index in [1.807, 2.05) is 34.1 Å². The Hall–Kier alpha value is -2.70. The highest BCUT2D eigenvalue weighted by molar-refractivity contribution is 6.42. The maximum Gasteiger partial charge on any atom is 0.242 e. The molecule has 1 aromatic heterocycles. The van der Waals surface area contributed by atoms with Crippen molar-refractivity contribution in [1.82, 2.24) is 9.88 Å². The van der Waals surface area contributed by atoms with E-state index in [9.17, 15) is 4.79 Å². The Morgan fingerprint density at radius 3 is 2.63 bits per heavy atom. The van der Waals surface area contributed by atoms with E-state index in [1.54, 1.807) is 32.4 Å². The Bertz CT molecular complexity index is 1080. The molecule has 2 aromatic carbocycles. The number of benzene rings is 2. The summed E-state index contributed by atoms with van der Waals surface area (Å²) in [6.07, 6.45) is 1.68. The molecule has 2 heterocycles. The van der Waals surface area contributed by atoms with Crippen molar-refractivity contribution in [1.29, 1.82) is 0 Å².